The zero-order valence-corrected chi connectivity index (χ0v) is 6.22. The average molecular weight is 122 g/mol. The molecule has 0 aliphatic rings. The Morgan fingerprint density at radius 3 is 2.11 bits per heavy atom. The van der Waals surface area contributed by atoms with E-state index in [1.165, 1.54) is 0 Å². The van der Waals surface area contributed by atoms with E-state index in [0.29, 0.717) is 0 Å². The van der Waals surface area contributed by atoms with Crippen molar-refractivity contribution in [2.45, 2.75) is 20.3 Å². The van der Waals surface area contributed by atoms with E-state index < -0.39 is 0 Å². The normalized spacial score (nSPS) is 8.00. The number of hydrogen-bond acceptors (Lipinski definition) is 0. The van der Waals surface area contributed by atoms with Gasteiger partial charge in [-0.25, -0.2) is 0 Å². The Balaban J connectivity index is 0. The molecule has 0 spiro atoms. The van der Waals surface area contributed by atoms with E-state index in [-0.39, 0.29) is 0 Å². The van der Waals surface area contributed by atoms with E-state index in [9.17, 15) is 0 Å². The summed E-state index contributed by atoms with van der Waals surface area (Å²) in [6, 6.07) is 0. The summed E-state index contributed by atoms with van der Waals surface area (Å²) in [5.74, 6) is 0. The first-order chi connectivity index (χ1) is 4.27. The van der Waals surface area contributed by atoms with Gasteiger partial charge < -0.3 is 0 Å². The molecule has 0 bridgehead atoms. The second kappa shape index (κ2) is 10.1. The van der Waals surface area contributed by atoms with Crippen molar-refractivity contribution in [2.24, 2.45) is 0 Å². The average Bonchev–Trinajstić information content (AvgIpc) is 1.88. The van der Waals surface area contributed by atoms with Crippen molar-refractivity contribution in [3.8, 4) is 12.8 Å². The Bertz CT molecular complexity index is 104. The summed E-state index contributed by atoms with van der Waals surface area (Å²) in [6.45, 7) is 7.81. The molecule has 0 nitrogen and oxygen atoms in total. The molecule has 0 aliphatic carbocycles. The Hall–Kier alpha value is -0.960. The van der Waals surface area contributed by atoms with Gasteiger partial charge in [0.25, 0.3) is 0 Å². The van der Waals surface area contributed by atoms with Crippen LogP contribution < -0.4 is 0 Å². The third kappa shape index (κ3) is 19.4. The van der Waals surface area contributed by atoms with Crippen LogP contribution in [0.5, 0.6) is 0 Å². The summed E-state index contributed by atoms with van der Waals surface area (Å²) in [5, 5.41) is 0. The maximum Gasteiger partial charge on any atom is -0.0376 e. The van der Waals surface area contributed by atoms with Crippen molar-refractivity contribution < 1.29 is 0 Å². The zero-order chi connectivity index (χ0) is 7.70. The summed E-state index contributed by atoms with van der Waals surface area (Å²) < 4.78 is 0. The molecule has 0 saturated heterocycles. The minimum absolute atomic E-state index is 1.10. The van der Waals surface area contributed by atoms with Crippen LogP contribution in [0.15, 0.2) is 24.3 Å². The van der Waals surface area contributed by atoms with Crippen molar-refractivity contribution in [1.82, 2.24) is 0 Å². The molecular formula is C9H14. The Labute approximate surface area is 58.3 Å². The van der Waals surface area contributed by atoms with Gasteiger partial charge in [0.2, 0.25) is 0 Å². The second-order valence-corrected chi connectivity index (χ2v) is 1.66. The monoisotopic (exact) mass is 122 g/mol. The van der Waals surface area contributed by atoms with Crippen molar-refractivity contribution in [2.75, 3.05) is 0 Å². The topological polar surface area (TPSA) is 0 Å². The van der Waals surface area contributed by atoms with E-state index in [2.05, 4.69) is 32.4 Å². The third-order valence-corrected chi connectivity index (χ3v) is 0.638. The van der Waals surface area contributed by atoms with Gasteiger partial charge in [0.1, 0.15) is 0 Å². The highest BCUT2D eigenvalue weighted by Gasteiger charge is 1.67. The van der Waals surface area contributed by atoms with Crippen LogP contribution in [-0.2, 0) is 0 Å². The van der Waals surface area contributed by atoms with Crippen molar-refractivity contribution >= 4 is 0 Å². The fourth-order valence-electron chi connectivity index (χ4n) is 0.319. The molecule has 0 atom stereocenters. The molecule has 0 rings (SSSR count). The predicted octanol–water partition coefficient (Wildman–Crippen LogP) is 2.78. The van der Waals surface area contributed by atoms with Crippen LogP contribution >= 0.6 is 0 Å². The number of allylic oxidation sites excluding steroid dienone is 3. The Kier molecular flexibility index (Phi) is 12.3. The van der Waals surface area contributed by atoms with Crippen LogP contribution in [-0.4, -0.2) is 0 Å². The Morgan fingerprint density at radius 1 is 1.56 bits per heavy atom. The van der Waals surface area contributed by atoms with Crippen LogP contribution in [0.1, 0.15) is 20.3 Å². The molecule has 0 N–H and O–H groups in total. The van der Waals surface area contributed by atoms with E-state index in [0.717, 1.165) is 12.0 Å². The highest BCUT2D eigenvalue weighted by atomic mass is 13.7. The first-order valence-corrected chi connectivity index (χ1v) is 2.92. The van der Waals surface area contributed by atoms with Crippen molar-refractivity contribution in [3.63, 3.8) is 0 Å². The van der Waals surface area contributed by atoms with Gasteiger partial charge in [0, 0.05) is 0 Å². The first-order valence-electron chi connectivity index (χ1n) is 2.92. The van der Waals surface area contributed by atoms with Crippen LogP contribution in [0.3, 0.4) is 0 Å². The molecule has 0 unspecified atom stereocenters. The molecular weight excluding hydrogens is 108 g/mol. The summed E-state index contributed by atoms with van der Waals surface area (Å²) in [6.07, 6.45) is 13.2. The molecule has 0 fully saturated rings. The third-order valence-electron chi connectivity index (χ3n) is 0.638. The maximum absolute atomic E-state index is 4.00. The van der Waals surface area contributed by atoms with Gasteiger partial charge in [-0.1, -0.05) is 31.2 Å². The minimum atomic E-state index is 1.10. The van der Waals surface area contributed by atoms with Crippen molar-refractivity contribution in [1.29, 1.82) is 0 Å². The van der Waals surface area contributed by atoms with Gasteiger partial charge in [-0.05, 0) is 13.3 Å². The lowest BCUT2D eigenvalue weighted by Crippen LogP contribution is -1.58. The zero-order valence-electron chi connectivity index (χ0n) is 6.22. The molecule has 0 aromatic carbocycles. The van der Waals surface area contributed by atoms with Gasteiger partial charge in [0.05, 0.1) is 0 Å². The standard InChI is InChI=1S/C7H12.C2H2/c1-4-5-6-7(2)3;1-2/h5-6H,2,4H2,1,3H3;1-2H/b6-5-;. The molecule has 0 saturated carbocycles. The van der Waals surface area contributed by atoms with E-state index in [1.54, 1.807) is 0 Å². The second-order valence-electron chi connectivity index (χ2n) is 1.66. The number of terminal acetylenes is 1. The predicted molar refractivity (Wildman–Crippen MR) is 44.1 cm³/mol. The van der Waals surface area contributed by atoms with E-state index in [1.807, 2.05) is 13.0 Å². The summed E-state index contributed by atoms with van der Waals surface area (Å²) in [5.41, 5.74) is 1.13. The van der Waals surface area contributed by atoms with Gasteiger partial charge >= 0.3 is 0 Å². The van der Waals surface area contributed by atoms with Gasteiger partial charge in [0.15, 0.2) is 0 Å². The maximum atomic E-state index is 4.00. The number of hydrogen-bond donors (Lipinski definition) is 0. The lowest BCUT2D eigenvalue weighted by Gasteiger charge is -1.79. The molecule has 0 amide bonds. The first kappa shape index (κ1) is 10.9. The van der Waals surface area contributed by atoms with Crippen LogP contribution in [0.4, 0.5) is 0 Å². The molecule has 0 aromatic heterocycles. The SMILES string of the molecule is C#C.C=C(C)/C=C\CC. The highest BCUT2D eigenvalue weighted by Crippen LogP contribution is 1.89. The van der Waals surface area contributed by atoms with Gasteiger partial charge in [-0.2, -0.15) is 0 Å². The molecule has 0 radical (unpaired) electrons. The lowest BCUT2D eigenvalue weighted by atomic mass is 10.3. The van der Waals surface area contributed by atoms with Crippen LogP contribution in [0.25, 0.3) is 0 Å². The van der Waals surface area contributed by atoms with Crippen LogP contribution in [0, 0.1) is 12.8 Å². The minimum Gasteiger partial charge on any atom is -0.124 e. The molecule has 9 heavy (non-hydrogen) atoms. The molecule has 0 heterocycles. The summed E-state index contributed by atoms with van der Waals surface area (Å²) >= 11 is 0. The van der Waals surface area contributed by atoms with Crippen LogP contribution in [0.2, 0.25) is 0 Å². The largest absolute Gasteiger partial charge is 0.124 e. The van der Waals surface area contributed by atoms with Crippen molar-refractivity contribution in [3.05, 3.63) is 24.3 Å². The molecule has 50 valence electrons. The summed E-state index contributed by atoms with van der Waals surface area (Å²) in [7, 11) is 0. The summed E-state index contributed by atoms with van der Waals surface area (Å²) in [4.78, 5) is 0. The Morgan fingerprint density at radius 2 is 2.00 bits per heavy atom. The fourth-order valence-corrected chi connectivity index (χ4v) is 0.319. The highest BCUT2D eigenvalue weighted by molar-refractivity contribution is 5.10. The smallest absolute Gasteiger partial charge is 0.0376 e. The van der Waals surface area contributed by atoms with Gasteiger partial charge in [-0.15, -0.1) is 12.8 Å². The number of rotatable bonds is 2. The fraction of sp³-hybridized carbons (Fsp3) is 0.333. The van der Waals surface area contributed by atoms with E-state index in [4.69, 9.17) is 0 Å². The molecule has 0 heteroatoms. The van der Waals surface area contributed by atoms with Gasteiger partial charge in [-0.3, -0.25) is 0 Å². The van der Waals surface area contributed by atoms with E-state index >= 15 is 0 Å². The lowest BCUT2D eigenvalue weighted by molar-refractivity contribution is 1.22. The molecule has 0 aromatic rings. The molecule has 0 aliphatic heterocycles. The quantitative estimate of drug-likeness (QED) is 0.390.